The number of rotatable bonds is 5. The first kappa shape index (κ1) is 17.4. The Morgan fingerprint density at radius 1 is 1.43 bits per heavy atom. The highest BCUT2D eigenvalue weighted by Crippen LogP contribution is 2.36. The van der Waals surface area contributed by atoms with Gasteiger partial charge in [-0.05, 0) is 43.6 Å². The number of nitrogens with one attached hydrogen (secondary N) is 1. The normalized spacial score (nSPS) is 11.9. The van der Waals surface area contributed by atoms with Crippen LogP contribution in [0.15, 0.2) is 16.7 Å². The van der Waals surface area contributed by atoms with Gasteiger partial charge in [-0.15, -0.1) is 0 Å². The molecule has 0 radical (unpaired) electrons. The van der Waals surface area contributed by atoms with Gasteiger partial charge < -0.3 is 10.1 Å². The second-order valence-corrected chi connectivity index (χ2v) is 6.50. The molecule has 0 saturated heterocycles. The molecule has 1 aromatic rings. The lowest BCUT2D eigenvalue weighted by molar-refractivity contribution is -0.385. The summed E-state index contributed by atoms with van der Waals surface area (Å²) < 4.78 is 5.27. The number of carbonyl (C=O) groups is 1. The van der Waals surface area contributed by atoms with Gasteiger partial charge in [-0.2, -0.15) is 0 Å². The number of nitro groups is 1. The largest absolute Gasteiger partial charge is 0.469 e. The lowest BCUT2D eigenvalue weighted by Crippen LogP contribution is -2.51. The number of anilines is 1. The van der Waals surface area contributed by atoms with Crippen LogP contribution in [0.4, 0.5) is 11.5 Å². The van der Waals surface area contributed by atoms with E-state index in [9.17, 15) is 14.9 Å². The zero-order valence-corrected chi connectivity index (χ0v) is 14.1. The van der Waals surface area contributed by atoms with Crippen molar-refractivity contribution in [3.8, 4) is 0 Å². The molecule has 0 aliphatic heterocycles. The van der Waals surface area contributed by atoms with Crippen LogP contribution in [-0.4, -0.2) is 28.5 Å². The van der Waals surface area contributed by atoms with E-state index in [4.69, 9.17) is 4.74 Å². The van der Waals surface area contributed by atoms with Crippen LogP contribution in [0.3, 0.4) is 0 Å². The summed E-state index contributed by atoms with van der Waals surface area (Å²) in [6.07, 6.45) is 1.16. The van der Waals surface area contributed by atoms with Gasteiger partial charge in [-0.1, -0.05) is 0 Å². The van der Waals surface area contributed by atoms with E-state index in [1.807, 2.05) is 13.8 Å². The van der Waals surface area contributed by atoms with E-state index in [1.165, 1.54) is 13.2 Å². The molecule has 0 aliphatic carbocycles. The van der Waals surface area contributed by atoms with Crippen LogP contribution in [0.25, 0.3) is 0 Å². The Hall–Kier alpha value is -1.70. The second-order valence-electron chi connectivity index (χ2n) is 5.65. The minimum absolute atomic E-state index is 0.113. The van der Waals surface area contributed by atoms with Crippen LogP contribution in [-0.2, 0) is 9.53 Å². The summed E-state index contributed by atoms with van der Waals surface area (Å²) in [6.45, 7) is 7.18. The Labute approximate surface area is 131 Å². The molecule has 116 valence electrons. The second kappa shape index (κ2) is 5.97. The van der Waals surface area contributed by atoms with Crippen LogP contribution < -0.4 is 5.32 Å². The summed E-state index contributed by atoms with van der Waals surface area (Å²) in [5.74, 6) is 0.0561. The minimum Gasteiger partial charge on any atom is -0.469 e. The van der Waals surface area contributed by atoms with Gasteiger partial charge in [-0.25, -0.2) is 4.98 Å². The predicted octanol–water partition coefficient (Wildman–Crippen LogP) is 3.14. The Balaban J connectivity index is 3.10. The van der Waals surface area contributed by atoms with Crippen molar-refractivity contribution in [3.63, 3.8) is 0 Å². The number of nitrogens with zero attached hydrogens (tertiary/aromatic N) is 2. The van der Waals surface area contributed by atoms with E-state index in [1.54, 1.807) is 13.8 Å². The number of halogens is 1. The smallest absolute Gasteiger partial charge is 0.313 e. The topological polar surface area (TPSA) is 94.4 Å². The first-order chi connectivity index (χ1) is 9.52. The number of ether oxygens (including phenoxy) is 1. The highest BCUT2D eigenvalue weighted by atomic mass is 79.9. The molecule has 1 rings (SSSR count). The van der Waals surface area contributed by atoms with Gasteiger partial charge in [0.1, 0.15) is 12.0 Å². The lowest BCUT2D eigenvalue weighted by Gasteiger charge is -2.40. The van der Waals surface area contributed by atoms with E-state index >= 15 is 0 Å². The van der Waals surface area contributed by atoms with Crippen molar-refractivity contribution in [2.75, 3.05) is 12.4 Å². The van der Waals surface area contributed by atoms with E-state index in [2.05, 4.69) is 26.2 Å². The fourth-order valence-corrected chi connectivity index (χ4v) is 2.02. The van der Waals surface area contributed by atoms with Crippen molar-refractivity contribution in [2.24, 2.45) is 5.41 Å². The van der Waals surface area contributed by atoms with Crippen molar-refractivity contribution >= 4 is 33.4 Å². The number of hydrogen-bond acceptors (Lipinski definition) is 6. The molecular formula is C13H18BrN3O4. The number of hydrogen-bond donors (Lipinski definition) is 1. The molecule has 0 amide bonds. The molecular weight excluding hydrogens is 342 g/mol. The molecule has 1 heterocycles. The van der Waals surface area contributed by atoms with E-state index in [0.717, 1.165) is 6.20 Å². The Bertz CT molecular complexity index is 573. The molecule has 0 aliphatic rings. The third-order valence-corrected chi connectivity index (χ3v) is 4.33. The lowest BCUT2D eigenvalue weighted by atomic mass is 9.74. The molecule has 7 nitrogen and oxygen atoms in total. The summed E-state index contributed by atoms with van der Waals surface area (Å²) >= 11 is 3.24. The summed E-state index contributed by atoms with van der Waals surface area (Å²) in [4.78, 5) is 26.1. The van der Waals surface area contributed by atoms with Crippen molar-refractivity contribution in [2.45, 2.75) is 33.2 Å². The Kier molecular flexibility index (Phi) is 4.93. The zero-order valence-electron chi connectivity index (χ0n) is 12.6. The molecule has 0 fully saturated rings. The molecule has 8 heteroatoms. The van der Waals surface area contributed by atoms with Gasteiger partial charge in [0.05, 0.1) is 21.9 Å². The average molecular weight is 360 g/mol. The maximum Gasteiger partial charge on any atom is 0.313 e. The fraction of sp³-hybridized carbons (Fsp3) is 0.538. The van der Waals surface area contributed by atoms with Crippen LogP contribution in [0.1, 0.15) is 27.7 Å². The van der Waals surface area contributed by atoms with Crippen molar-refractivity contribution in [3.05, 3.63) is 26.9 Å². The molecule has 0 bridgehead atoms. The summed E-state index contributed by atoms with van der Waals surface area (Å²) in [6, 6.07) is 1.36. The Morgan fingerprint density at radius 3 is 2.43 bits per heavy atom. The third-order valence-electron chi connectivity index (χ3n) is 3.73. The number of pyridine rings is 1. The number of methoxy groups -OCH3 is 1. The van der Waals surface area contributed by atoms with Gasteiger partial charge in [0.2, 0.25) is 0 Å². The van der Waals surface area contributed by atoms with Crippen molar-refractivity contribution in [1.82, 2.24) is 4.98 Å². The standard InChI is InChI=1S/C13H18BrN3O4/c1-12(2,11(18)21-5)13(3,4)16-10-9(14)6-8(7-15-10)17(19)20/h6-7H,1-5H3,(H,15,16). The first-order valence-electron chi connectivity index (χ1n) is 6.19. The summed E-state index contributed by atoms with van der Waals surface area (Å²) in [5, 5.41) is 13.8. The Morgan fingerprint density at radius 2 is 2.00 bits per heavy atom. The quantitative estimate of drug-likeness (QED) is 0.493. The summed E-state index contributed by atoms with van der Waals surface area (Å²) in [7, 11) is 1.33. The van der Waals surface area contributed by atoms with Crippen LogP contribution >= 0.6 is 15.9 Å². The SMILES string of the molecule is COC(=O)C(C)(C)C(C)(C)Nc1ncc([N+](=O)[O-])cc1Br. The molecule has 0 aromatic carbocycles. The highest BCUT2D eigenvalue weighted by Gasteiger charge is 2.44. The first-order valence-corrected chi connectivity index (χ1v) is 6.99. The highest BCUT2D eigenvalue weighted by molar-refractivity contribution is 9.10. The minimum atomic E-state index is -0.829. The van der Waals surface area contributed by atoms with Crippen molar-refractivity contribution in [1.29, 1.82) is 0 Å². The maximum atomic E-state index is 11.9. The molecule has 1 aromatic heterocycles. The molecule has 0 spiro atoms. The van der Waals surface area contributed by atoms with E-state index in [-0.39, 0.29) is 11.7 Å². The maximum absolute atomic E-state index is 11.9. The van der Waals surface area contributed by atoms with Gasteiger partial charge in [0.15, 0.2) is 0 Å². The van der Waals surface area contributed by atoms with Crippen molar-refractivity contribution < 1.29 is 14.5 Å². The monoisotopic (exact) mass is 359 g/mol. The van der Waals surface area contributed by atoms with Crippen LogP contribution in [0.2, 0.25) is 0 Å². The molecule has 21 heavy (non-hydrogen) atoms. The molecule has 1 N–H and O–H groups in total. The number of aromatic nitrogens is 1. The van der Waals surface area contributed by atoms with Gasteiger partial charge in [0, 0.05) is 11.6 Å². The predicted molar refractivity (Wildman–Crippen MR) is 82.1 cm³/mol. The van der Waals surface area contributed by atoms with E-state index < -0.39 is 15.9 Å². The van der Waals surface area contributed by atoms with Crippen LogP contribution in [0.5, 0.6) is 0 Å². The molecule has 0 saturated carbocycles. The molecule has 0 unspecified atom stereocenters. The average Bonchev–Trinajstić information content (AvgIpc) is 2.39. The number of esters is 1. The van der Waals surface area contributed by atoms with Crippen LogP contribution in [0, 0.1) is 15.5 Å². The van der Waals surface area contributed by atoms with Gasteiger partial charge >= 0.3 is 5.97 Å². The molecule has 0 atom stereocenters. The van der Waals surface area contributed by atoms with E-state index in [0.29, 0.717) is 10.3 Å². The van der Waals surface area contributed by atoms with Gasteiger partial charge in [0.25, 0.3) is 5.69 Å². The number of carbonyl (C=O) groups excluding carboxylic acids is 1. The third kappa shape index (κ3) is 3.49. The zero-order chi connectivity index (χ0) is 16.4. The van der Waals surface area contributed by atoms with Gasteiger partial charge in [-0.3, -0.25) is 14.9 Å². The fourth-order valence-electron chi connectivity index (χ4n) is 1.58. The summed E-state index contributed by atoms with van der Waals surface area (Å²) in [5.41, 5.74) is -1.63.